The first-order chi connectivity index (χ1) is 12.5. The first-order valence-corrected chi connectivity index (χ1v) is 8.14. The quantitative estimate of drug-likeness (QED) is 0.583. The van der Waals surface area contributed by atoms with Gasteiger partial charge >= 0.3 is 0 Å². The monoisotopic (exact) mass is 350 g/mol. The van der Waals surface area contributed by atoms with Gasteiger partial charge < -0.3 is 14.9 Å². The SMILES string of the molecule is CNc1nccc(-n2ncc3ccc([C@@](C)(O)c4cc(C)on4)cc32)n1. The molecule has 0 unspecified atom stereocenters. The Morgan fingerprint density at radius 1 is 1.23 bits per heavy atom. The predicted octanol–water partition coefficient (Wildman–Crippen LogP) is 2.41. The van der Waals surface area contributed by atoms with E-state index in [1.54, 1.807) is 50.1 Å². The van der Waals surface area contributed by atoms with Gasteiger partial charge in [-0.15, -0.1) is 0 Å². The highest BCUT2D eigenvalue weighted by Gasteiger charge is 2.30. The van der Waals surface area contributed by atoms with Crippen molar-refractivity contribution >= 4 is 16.9 Å². The van der Waals surface area contributed by atoms with Gasteiger partial charge in [0.2, 0.25) is 5.95 Å². The number of fused-ring (bicyclic) bond motifs is 1. The minimum Gasteiger partial charge on any atom is -0.379 e. The maximum absolute atomic E-state index is 11.0. The lowest BCUT2D eigenvalue weighted by molar-refractivity contribution is 0.0933. The number of nitrogens with one attached hydrogen (secondary N) is 1. The van der Waals surface area contributed by atoms with E-state index in [1.165, 1.54) is 0 Å². The van der Waals surface area contributed by atoms with Gasteiger partial charge in [0, 0.05) is 30.8 Å². The summed E-state index contributed by atoms with van der Waals surface area (Å²) in [6, 6.07) is 9.16. The topological polar surface area (TPSA) is 102 Å². The number of aryl methyl sites for hydroxylation is 1. The zero-order chi connectivity index (χ0) is 18.3. The van der Waals surface area contributed by atoms with Crippen LogP contribution >= 0.6 is 0 Å². The Morgan fingerprint density at radius 2 is 2.08 bits per heavy atom. The third-order valence-corrected chi connectivity index (χ3v) is 4.34. The molecule has 0 radical (unpaired) electrons. The van der Waals surface area contributed by atoms with Crippen LogP contribution in [0.25, 0.3) is 16.7 Å². The summed E-state index contributed by atoms with van der Waals surface area (Å²) in [5.74, 6) is 1.78. The van der Waals surface area contributed by atoms with Crippen molar-refractivity contribution < 1.29 is 9.63 Å². The molecule has 4 aromatic rings. The van der Waals surface area contributed by atoms with Crippen LogP contribution in [-0.4, -0.2) is 37.1 Å². The van der Waals surface area contributed by atoms with Crippen molar-refractivity contribution in [3.63, 3.8) is 0 Å². The van der Waals surface area contributed by atoms with Gasteiger partial charge in [0.05, 0.1) is 11.7 Å². The molecule has 3 aromatic heterocycles. The molecule has 26 heavy (non-hydrogen) atoms. The molecule has 8 heteroatoms. The second kappa shape index (κ2) is 5.92. The van der Waals surface area contributed by atoms with E-state index >= 15 is 0 Å². The smallest absolute Gasteiger partial charge is 0.224 e. The number of nitrogens with zero attached hydrogens (tertiary/aromatic N) is 5. The lowest BCUT2D eigenvalue weighted by Gasteiger charge is -2.21. The largest absolute Gasteiger partial charge is 0.379 e. The van der Waals surface area contributed by atoms with Crippen LogP contribution in [0.5, 0.6) is 0 Å². The van der Waals surface area contributed by atoms with Gasteiger partial charge in [0.1, 0.15) is 17.1 Å². The van der Waals surface area contributed by atoms with Gasteiger partial charge in [-0.3, -0.25) is 0 Å². The summed E-state index contributed by atoms with van der Waals surface area (Å²) in [6.07, 6.45) is 3.43. The Labute approximate surface area is 149 Å². The van der Waals surface area contributed by atoms with Gasteiger partial charge in [-0.1, -0.05) is 17.3 Å². The Bertz CT molecular complexity index is 1080. The van der Waals surface area contributed by atoms with Crippen molar-refractivity contribution in [2.24, 2.45) is 0 Å². The number of aromatic nitrogens is 5. The molecular weight excluding hydrogens is 332 g/mol. The minimum absolute atomic E-state index is 0.458. The number of hydrogen-bond donors (Lipinski definition) is 2. The Kier molecular flexibility index (Phi) is 3.69. The van der Waals surface area contributed by atoms with E-state index in [-0.39, 0.29) is 0 Å². The average Bonchev–Trinajstić information content (AvgIpc) is 3.27. The highest BCUT2D eigenvalue weighted by Crippen LogP contribution is 2.31. The molecule has 1 aromatic carbocycles. The van der Waals surface area contributed by atoms with E-state index in [4.69, 9.17) is 4.52 Å². The van der Waals surface area contributed by atoms with E-state index in [0.717, 1.165) is 10.9 Å². The van der Waals surface area contributed by atoms with Crippen LogP contribution in [0.15, 0.2) is 47.2 Å². The molecule has 0 aliphatic heterocycles. The molecule has 8 nitrogen and oxygen atoms in total. The Hall–Kier alpha value is -3.26. The van der Waals surface area contributed by atoms with Gasteiger partial charge in [0.15, 0.2) is 5.82 Å². The first-order valence-electron chi connectivity index (χ1n) is 8.14. The van der Waals surface area contributed by atoms with Crippen LogP contribution in [0.4, 0.5) is 5.95 Å². The van der Waals surface area contributed by atoms with Crippen molar-refractivity contribution in [1.82, 2.24) is 24.9 Å². The molecule has 0 fully saturated rings. The van der Waals surface area contributed by atoms with E-state index in [1.807, 2.05) is 18.2 Å². The molecule has 3 heterocycles. The third kappa shape index (κ3) is 2.60. The number of anilines is 1. The maximum atomic E-state index is 11.0. The molecule has 0 aliphatic rings. The summed E-state index contributed by atoms with van der Waals surface area (Å²) in [7, 11) is 1.76. The van der Waals surface area contributed by atoms with Gasteiger partial charge in [0.25, 0.3) is 0 Å². The summed E-state index contributed by atoms with van der Waals surface area (Å²) in [5, 5.41) is 23.3. The Balaban J connectivity index is 1.84. The molecule has 0 saturated carbocycles. The highest BCUT2D eigenvalue weighted by atomic mass is 16.5. The lowest BCUT2D eigenvalue weighted by Crippen LogP contribution is -2.23. The predicted molar refractivity (Wildman–Crippen MR) is 96.1 cm³/mol. The summed E-state index contributed by atoms with van der Waals surface area (Å²) in [5.41, 5.74) is 0.676. The fourth-order valence-corrected chi connectivity index (χ4v) is 2.84. The zero-order valence-electron chi connectivity index (χ0n) is 14.6. The first kappa shape index (κ1) is 16.2. The summed E-state index contributed by atoms with van der Waals surface area (Å²) < 4.78 is 6.83. The Morgan fingerprint density at radius 3 is 2.81 bits per heavy atom. The lowest BCUT2D eigenvalue weighted by atomic mass is 9.92. The maximum Gasteiger partial charge on any atom is 0.224 e. The third-order valence-electron chi connectivity index (χ3n) is 4.34. The molecule has 0 saturated heterocycles. The fourth-order valence-electron chi connectivity index (χ4n) is 2.84. The number of rotatable bonds is 4. The second-order valence-corrected chi connectivity index (χ2v) is 6.21. The van der Waals surface area contributed by atoms with Crippen LogP contribution in [0.3, 0.4) is 0 Å². The normalized spacial score (nSPS) is 13.7. The van der Waals surface area contributed by atoms with E-state index in [9.17, 15) is 5.11 Å². The summed E-state index contributed by atoms with van der Waals surface area (Å²) in [4.78, 5) is 8.55. The van der Waals surface area contributed by atoms with Gasteiger partial charge in [-0.25, -0.2) is 9.67 Å². The van der Waals surface area contributed by atoms with E-state index in [2.05, 4.69) is 25.5 Å². The van der Waals surface area contributed by atoms with Crippen molar-refractivity contribution in [2.75, 3.05) is 12.4 Å². The van der Waals surface area contributed by atoms with Crippen molar-refractivity contribution in [3.05, 3.63) is 59.7 Å². The molecule has 132 valence electrons. The molecule has 0 spiro atoms. The van der Waals surface area contributed by atoms with Crippen molar-refractivity contribution in [3.8, 4) is 5.82 Å². The average molecular weight is 350 g/mol. The number of benzene rings is 1. The van der Waals surface area contributed by atoms with Gasteiger partial charge in [-0.2, -0.15) is 10.1 Å². The van der Waals surface area contributed by atoms with Crippen LogP contribution < -0.4 is 5.32 Å². The summed E-state index contributed by atoms with van der Waals surface area (Å²) in [6.45, 7) is 3.48. The standard InChI is InChI=1S/C18H18N6O2/c1-11-8-15(23-26-11)18(2,25)13-5-4-12-10-21-24(14(12)9-13)16-6-7-20-17(19-3)22-16/h4-10,25H,1-3H3,(H,19,20,22)/t18-/m1/s1. The minimum atomic E-state index is -1.29. The molecule has 4 rings (SSSR count). The van der Waals surface area contributed by atoms with E-state index < -0.39 is 5.60 Å². The molecular formula is C18H18N6O2. The molecule has 0 amide bonds. The molecule has 1 atom stereocenters. The van der Waals surface area contributed by atoms with Crippen LogP contribution in [0, 0.1) is 6.92 Å². The van der Waals surface area contributed by atoms with Crippen molar-refractivity contribution in [2.45, 2.75) is 19.4 Å². The van der Waals surface area contributed by atoms with Crippen LogP contribution in [-0.2, 0) is 5.60 Å². The second-order valence-electron chi connectivity index (χ2n) is 6.21. The fraction of sp³-hybridized carbons (Fsp3) is 0.222. The number of aliphatic hydroxyl groups is 1. The van der Waals surface area contributed by atoms with Crippen LogP contribution in [0.2, 0.25) is 0 Å². The molecule has 2 N–H and O–H groups in total. The van der Waals surface area contributed by atoms with Crippen LogP contribution in [0.1, 0.15) is 23.9 Å². The zero-order valence-corrected chi connectivity index (χ0v) is 14.6. The number of hydrogen-bond acceptors (Lipinski definition) is 7. The summed E-state index contributed by atoms with van der Waals surface area (Å²) >= 11 is 0. The highest BCUT2D eigenvalue weighted by molar-refractivity contribution is 5.81. The molecule has 0 aliphatic carbocycles. The van der Waals surface area contributed by atoms with E-state index in [0.29, 0.717) is 28.8 Å². The van der Waals surface area contributed by atoms with Gasteiger partial charge in [-0.05, 0) is 25.5 Å². The molecule has 0 bridgehead atoms. The van der Waals surface area contributed by atoms with Crippen molar-refractivity contribution in [1.29, 1.82) is 0 Å².